The number of esters is 1. The number of allylic oxidation sites excluding steroid dienone is 21. The highest BCUT2D eigenvalue weighted by Crippen LogP contribution is 2.42. The molecular weight excluding hydrogens is 709 g/mol. The summed E-state index contributed by atoms with van der Waals surface area (Å²) >= 11 is 0. The van der Waals surface area contributed by atoms with E-state index in [0.29, 0.717) is 5.57 Å². The van der Waals surface area contributed by atoms with Crippen LogP contribution in [-0.4, -0.2) is 56.5 Å². The molecule has 2 aliphatic rings. The Morgan fingerprint density at radius 2 is 1.09 bits per heavy atom. The van der Waals surface area contributed by atoms with E-state index >= 15 is 0 Å². The Balaban J connectivity index is 2.00. The van der Waals surface area contributed by atoms with Crippen molar-refractivity contribution in [2.45, 2.75) is 114 Å². The van der Waals surface area contributed by atoms with E-state index < -0.39 is 53.7 Å². The van der Waals surface area contributed by atoms with Crippen LogP contribution in [0.5, 0.6) is 0 Å². The molecule has 0 amide bonds. The lowest BCUT2D eigenvalue weighted by Crippen LogP contribution is -2.45. The zero-order chi connectivity index (χ0) is 42.6. The second kappa shape index (κ2) is 20.1. The van der Waals surface area contributed by atoms with Crippen LogP contribution in [0.3, 0.4) is 0 Å². The summed E-state index contributed by atoms with van der Waals surface area (Å²) in [6.07, 6.45) is 25.4. The molecule has 3 atom stereocenters. The topological polar surface area (TPSA) is 155 Å². The van der Waals surface area contributed by atoms with Crippen LogP contribution in [0, 0.1) is 16.7 Å². The smallest absolute Gasteiger partial charge is 0.336 e. The summed E-state index contributed by atoms with van der Waals surface area (Å²) in [4.78, 5) is 60.6. The van der Waals surface area contributed by atoms with E-state index in [1.165, 1.54) is 0 Å². The molecule has 0 spiro atoms. The van der Waals surface area contributed by atoms with Gasteiger partial charge in [-0.3, -0.25) is 19.2 Å². The Morgan fingerprint density at radius 3 is 1.54 bits per heavy atom. The van der Waals surface area contributed by atoms with E-state index in [4.69, 9.17) is 9.84 Å². The minimum Gasteiger partial charge on any atom is -0.481 e. The summed E-state index contributed by atoms with van der Waals surface area (Å²) in [7, 11) is 0. The second-order valence-electron chi connectivity index (χ2n) is 16.4. The van der Waals surface area contributed by atoms with Gasteiger partial charge in [-0.05, 0) is 81.1 Å². The monoisotopic (exact) mass is 768 g/mol. The van der Waals surface area contributed by atoms with Crippen LogP contribution in [-0.2, 0) is 28.7 Å². The van der Waals surface area contributed by atoms with Crippen molar-refractivity contribution in [3.05, 3.63) is 130 Å². The fraction of sp³-hybridized carbons (Fsp3) is 0.426. The second-order valence-corrected chi connectivity index (χ2v) is 16.4. The summed E-state index contributed by atoms with van der Waals surface area (Å²) in [5, 5.41) is 28.4. The number of carbonyl (C=O) groups excluding carboxylic acids is 3. The Labute approximate surface area is 332 Å². The van der Waals surface area contributed by atoms with E-state index in [2.05, 4.69) is 32.1 Å². The van der Waals surface area contributed by atoms with Gasteiger partial charge in [0.05, 0.1) is 12.8 Å². The predicted molar refractivity (Wildman–Crippen MR) is 221 cm³/mol. The molecule has 0 heterocycles. The van der Waals surface area contributed by atoms with E-state index in [1.54, 1.807) is 6.92 Å². The maximum Gasteiger partial charge on any atom is 0.336 e. The molecule has 2 aliphatic carbocycles. The van der Waals surface area contributed by atoms with Gasteiger partial charge in [-0.1, -0.05) is 142 Å². The number of aliphatic carboxylic acids is 2. The SMILES string of the molecule is CC1=C(/C=C/C(C)=C/C=C/C(C)=C/C=C/C=C(C)/C=C/C=C(C)/C=C/C2=C(C)C(=O)C(OC(=O)CC(O)(CC(=O)O)C(=O)O)CC2(C)C)C(C)(C)CC(C)C1=O. The van der Waals surface area contributed by atoms with Gasteiger partial charge in [0.2, 0.25) is 0 Å². The van der Waals surface area contributed by atoms with Crippen molar-refractivity contribution in [2.75, 3.05) is 0 Å². The maximum absolute atomic E-state index is 13.2. The summed E-state index contributed by atoms with van der Waals surface area (Å²) in [6.45, 7) is 21.8. The molecule has 0 aromatic carbocycles. The van der Waals surface area contributed by atoms with Crippen LogP contribution in [0.2, 0.25) is 0 Å². The first-order valence-corrected chi connectivity index (χ1v) is 18.9. The van der Waals surface area contributed by atoms with Gasteiger partial charge < -0.3 is 20.1 Å². The van der Waals surface area contributed by atoms with Gasteiger partial charge in [-0.2, -0.15) is 0 Å². The van der Waals surface area contributed by atoms with Crippen molar-refractivity contribution in [1.29, 1.82) is 0 Å². The van der Waals surface area contributed by atoms with Crippen molar-refractivity contribution >= 4 is 29.5 Å². The van der Waals surface area contributed by atoms with Crippen molar-refractivity contribution < 1.29 is 44.0 Å². The average molecular weight is 769 g/mol. The van der Waals surface area contributed by atoms with E-state index in [1.807, 2.05) is 122 Å². The third-order valence-corrected chi connectivity index (χ3v) is 10.1. The molecule has 3 unspecified atom stereocenters. The Morgan fingerprint density at radius 1 is 0.679 bits per heavy atom. The number of aliphatic hydroxyl groups is 1. The molecule has 0 aromatic heterocycles. The summed E-state index contributed by atoms with van der Waals surface area (Å²) < 4.78 is 5.28. The van der Waals surface area contributed by atoms with Crippen LogP contribution >= 0.6 is 0 Å². The normalized spacial score (nSPS) is 22.7. The highest BCUT2D eigenvalue weighted by Gasteiger charge is 2.44. The number of ether oxygens (including phenoxy) is 1. The quantitative estimate of drug-likeness (QED) is 0.103. The number of hydrogen-bond donors (Lipinski definition) is 3. The molecule has 2 rings (SSSR count). The molecule has 0 saturated carbocycles. The summed E-state index contributed by atoms with van der Waals surface area (Å²) in [5.41, 5.74) is 3.85. The lowest BCUT2D eigenvalue weighted by atomic mass is 9.68. The lowest BCUT2D eigenvalue weighted by Gasteiger charge is -2.36. The highest BCUT2D eigenvalue weighted by molar-refractivity contribution is 6.02. The molecule has 302 valence electrons. The van der Waals surface area contributed by atoms with E-state index in [-0.39, 0.29) is 23.5 Å². The van der Waals surface area contributed by atoms with E-state index in [0.717, 1.165) is 45.4 Å². The van der Waals surface area contributed by atoms with Gasteiger partial charge in [0.1, 0.15) is 0 Å². The van der Waals surface area contributed by atoms with Crippen LogP contribution in [0.4, 0.5) is 0 Å². The molecule has 0 saturated heterocycles. The van der Waals surface area contributed by atoms with Gasteiger partial charge in [0.25, 0.3) is 0 Å². The Hall–Kier alpha value is -5.15. The summed E-state index contributed by atoms with van der Waals surface area (Å²) in [5.74, 6) is -4.77. The number of rotatable bonds is 16. The van der Waals surface area contributed by atoms with Crippen LogP contribution in [0.1, 0.15) is 102 Å². The van der Waals surface area contributed by atoms with Gasteiger partial charge >= 0.3 is 17.9 Å². The molecule has 0 bridgehead atoms. The number of hydrogen-bond acceptors (Lipinski definition) is 7. The largest absolute Gasteiger partial charge is 0.481 e. The van der Waals surface area contributed by atoms with E-state index in [9.17, 15) is 34.2 Å². The van der Waals surface area contributed by atoms with Gasteiger partial charge in [0, 0.05) is 12.3 Å². The van der Waals surface area contributed by atoms with Crippen molar-refractivity contribution in [1.82, 2.24) is 0 Å². The highest BCUT2D eigenvalue weighted by atomic mass is 16.5. The van der Waals surface area contributed by atoms with Crippen LogP contribution < -0.4 is 0 Å². The lowest BCUT2D eigenvalue weighted by molar-refractivity contribution is -0.174. The summed E-state index contributed by atoms with van der Waals surface area (Å²) in [6, 6.07) is 0. The molecule has 9 heteroatoms. The third-order valence-electron chi connectivity index (χ3n) is 10.1. The molecule has 0 aromatic rings. The maximum atomic E-state index is 13.2. The molecule has 9 nitrogen and oxygen atoms in total. The molecule has 0 fully saturated rings. The van der Waals surface area contributed by atoms with Gasteiger partial charge in [-0.15, -0.1) is 0 Å². The number of ketones is 2. The van der Waals surface area contributed by atoms with Gasteiger partial charge in [0.15, 0.2) is 23.3 Å². The molecule has 3 N–H and O–H groups in total. The van der Waals surface area contributed by atoms with Crippen molar-refractivity contribution in [3.63, 3.8) is 0 Å². The zero-order valence-electron chi connectivity index (χ0n) is 34.9. The number of carboxylic acid groups (broad SMARTS) is 2. The van der Waals surface area contributed by atoms with Crippen molar-refractivity contribution in [3.8, 4) is 0 Å². The van der Waals surface area contributed by atoms with Crippen LogP contribution in [0.15, 0.2) is 130 Å². The fourth-order valence-electron chi connectivity index (χ4n) is 7.00. The fourth-order valence-corrected chi connectivity index (χ4v) is 7.00. The number of carbonyl (C=O) groups is 5. The zero-order valence-corrected chi connectivity index (χ0v) is 34.9. The van der Waals surface area contributed by atoms with Crippen molar-refractivity contribution in [2.24, 2.45) is 16.7 Å². The molecular formula is C47H60O9. The molecule has 0 radical (unpaired) electrons. The number of carboxylic acids is 2. The van der Waals surface area contributed by atoms with Crippen LogP contribution in [0.25, 0.3) is 0 Å². The minimum absolute atomic E-state index is 0.0296. The first-order chi connectivity index (χ1) is 25.9. The third kappa shape index (κ3) is 13.9. The average Bonchev–Trinajstić information content (AvgIpc) is 3.06. The number of Topliss-reactive ketones (excluding diaryl/α,β-unsaturated/α-hetero) is 2. The molecule has 56 heavy (non-hydrogen) atoms. The predicted octanol–water partition coefficient (Wildman–Crippen LogP) is 9.41. The first kappa shape index (κ1) is 47.0. The van der Waals surface area contributed by atoms with Gasteiger partial charge in [-0.25, -0.2) is 4.79 Å². The standard InChI is InChI=1S/C47H60O9/c1-30(18-14-20-32(3)22-24-37-35(6)42(51)34(5)26-45(37,8)9)16-12-13-17-31(2)19-15-21-33(4)23-25-38-36(7)43(52)39(27-46(38,10)11)56-41(50)29-47(55,44(53)54)28-40(48)49/h12-25,34,39,55H,26-29H2,1-11H3,(H,48,49)(H,53,54)/b13-12+,18-14+,19-15+,24-22+,25-23+,30-16+,31-17+,32-20+,33-21+. The molecule has 0 aliphatic heterocycles. The first-order valence-electron chi connectivity index (χ1n) is 18.9. The minimum atomic E-state index is -2.85. The Kier molecular flexibility index (Phi) is 16.9. The Bertz CT molecular complexity index is 1910.